The van der Waals surface area contributed by atoms with E-state index < -0.39 is 0 Å². The van der Waals surface area contributed by atoms with Crippen molar-refractivity contribution < 1.29 is 18.9 Å². The molecule has 2 rings (SSSR count). The summed E-state index contributed by atoms with van der Waals surface area (Å²) in [6.07, 6.45) is 2.38. The van der Waals surface area contributed by atoms with Gasteiger partial charge >= 0.3 is 0 Å². The molecule has 0 saturated carbocycles. The molecule has 0 aliphatic carbocycles. The molecule has 5 heteroatoms. The Hall–Kier alpha value is -1.46. The molecule has 1 heterocycles. The van der Waals surface area contributed by atoms with E-state index in [1.807, 2.05) is 12.1 Å². The third-order valence-electron chi connectivity index (χ3n) is 3.87. The zero-order valence-corrected chi connectivity index (χ0v) is 13.3. The molecule has 1 fully saturated rings. The fourth-order valence-electron chi connectivity index (χ4n) is 2.68. The molecule has 1 aromatic carbocycles. The van der Waals surface area contributed by atoms with Crippen molar-refractivity contribution in [3.05, 3.63) is 17.7 Å². The first-order valence-electron chi connectivity index (χ1n) is 7.31. The minimum absolute atomic E-state index is 0.316. The highest BCUT2D eigenvalue weighted by Gasteiger charge is 2.20. The molecule has 0 aromatic heterocycles. The van der Waals surface area contributed by atoms with Gasteiger partial charge in [-0.3, -0.25) is 0 Å². The summed E-state index contributed by atoms with van der Waals surface area (Å²) < 4.78 is 21.8. The molecule has 0 spiro atoms. The van der Waals surface area contributed by atoms with E-state index in [1.54, 1.807) is 21.3 Å². The number of rotatable bonds is 6. The van der Waals surface area contributed by atoms with Gasteiger partial charge in [-0.1, -0.05) is 0 Å². The van der Waals surface area contributed by atoms with Gasteiger partial charge in [0.1, 0.15) is 17.2 Å². The smallest absolute Gasteiger partial charge is 0.130 e. The SMILES string of the molecule is COc1cc(OC)c(CNC2CCOC(C)C2)c(OC)c1. The molecule has 0 amide bonds. The van der Waals surface area contributed by atoms with Crippen LogP contribution in [0, 0.1) is 0 Å². The lowest BCUT2D eigenvalue weighted by atomic mass is 10.0. The van der Waals surface area contributed by atoms with E-state index in [4.69, 9.17) is 18.9 Å². The fraction of sp³-hybridized carbons (Fsp3) is 0.625. The predicted molar refractivity (Wildman–Crippen MR) is 81.4 cm³/mol. The van der Waals surface area contributed by atoms with Crippen molar-refractivity contribution >= 4 is 0 Å². The molecule has 118 valence electrons. The van der Waals surface area contributed by atoms with E-state index in [-0.39, 0.29) is 0 Å². The largest absolute Gasteiger partial charge is 0.496 e. The molecule has 1 N–H and O–H groups in total. The van der Waals surface area contributed by atoms with Crippen molar-refractivity contribution in [2.24, 2.45) is 0 Å². The zero-order valence-electron chi connectivity index (χ0n) is 13.3. The molecule has 1 saturated heterocycles. The predicted octanol–water partition coefficient (Wildman–Crippen LogP) is 2.37. The first kappa shape index (κ1) is 15.9. The molecule has 1 aliphatic rings. The van der Waals surface area contributed by atoms with E-state index in [1.165, 1.54) is 0 Å². The van der Waals surface area contributed by atoms with Gasteiger partial charge in [-0.25, -0.2) is 0 Å². The van der Waals surface area contributed by atoms with Crippen molar-refractivity contribution in [2.75, 3.05) is 27.9 Å². The lowest BCUT2D eigenvalue weighted by Crippen LogP contribution is -2.37. The third-order valence-corrected chi connectivity index (χ3v) is 3.87. The number of hydrogen-bond acceptors (Lipinski definition) is 5. The maximum absolute atomic E-state index is 5.57. The normalized spacial score (nSPS) is 21.9. The fourth-order valence-corrected chi connectivity index (χ4v) is 2.68. The highest BCUT2D eigenvalue weighted by molar-refractivity contribution is 5.50. The van der Waals surface area contributed by atoms with Crippen LogP contribution in [0.25, 0.3) is 0 Å². The van der Waals surface area contributed by atoms with E-state index in [0.29, 0.717) is 18.7 Å². The van der Waals surface area contributed by atoms with Crippen molar-refractivity contribution in [2.45, 2.75) is 38.5 Å². The maximum atomic E-state index is 5.57. The van der Waals surface area contributed by atoms with Gasteiger partial charge in [0.2, 0.25) is 0 Å². The summed E-state index contributed by atoms with van der Waals surface area (Å²) in [5.41, 5.74) is 1.01. The Labute approximate surface area is 126 Å². The lowest BCUT2D eigenvalue weighted by Gasteiger charge is -2.28. The Morgan fingerprint density at radius 2 is 1.81 bits per heavy atom. The van der Waals surface area contributed by atoms with E-state index in [0.717, 1.165) is 42.3 Å². The molecular formula is C16H25NO4. The van der Waals surface area contributed by atoms with Gasteiger partial charge in [0.05, 0.1) is 33.0 Å². The van der Waals surface area contributed by atoms with Crippen LogP contribution in [0.1, 0.15) is 25.3 Å². The van der Waals surface area contributed by atoms with Crippen LogP contribution in [-0.4, -0.2) is 40.1 Å². The van der Waals surface area contributed by atoms with Crippen molar-refractivity contribution in [1.29, 1.82) is 0 Å². The first-order valence-corrected chi connectivity index (χ1v) is 7.31. The van der Waals surface area contributed by atoms with Crippen LogP contribution >= 0.6 is 0 Å². The number of hydrogen-bond donors (Lipinski definition) is 1. The molecule has 1 aromatic rings. The second kappa shape index (κ2) is 7.52. The van der Waals surface area contributed by atoms with E-state index in [9.17, 15) is 0 Å². The summed E-state index contributed by atoms with van der Waals surface area (Å²) in [6.45, 7) is 3.63. The molecule has 0 radical (unpaired) electrons. The average molecular weight is 295 g/mol. The lowest BCUT2D eigenvalue weighted by molar-refractivity contribution is 0.0130. The highest BCUT2D eigenvalue weighted by Crippen LogP contribution is 2.34. The zero-order chi connectivity index (χ0) is 15.2. The summed E-state index contributed by atoms with van der Waals surface area (Å²) >= 11 is 0. The Morgan fingerprint density at radius 1 is 1.14 bits per heavy atom. The van der Waals surface area contributed by atoms with Crippen molar-refractivity contribution in [3.63, 3.8) is 0 Å². The molecular weight excluding hydrogens is 270 g/mol. The topological polar surface area (TPSA) is 49.0 Å². The summed E-state index contributed by atoms with van der Waals surface area (Å²) in [7, 11) is 4.96. The second-order valence-corrected chi connectivity index (χ2v) is 5.29. The minimum Gasteiger partial charge on any atom is -0.496 e. The second-order valence-electron chi connectivity index (χ2n) is 5.29. The van der Waals surface area contributed by atoms with Gasteiger partial charge in [-0.2, -0.15) is 0 Å². The highest BCUT2D eigenvalue weighted by atomic mass is 16.5. The standard InChI is InChI=1S/C16H25NO4/c1-11-7-12(5-6-21-11)17-10-14-15(19-3)8-13(18-2)9-16(14)20-4/h8-9,11-12,17H,5-7,10H2,1-4H3. The molecule has 2 atom stereocenters. The molecule has 5 nitrogen and oxygen atoms in total. The Balaban J connectivity index is 2.10. The van der Waals surface area contributed by atoms with Gasteiger partial charge in [0, 0.05) is 31.3 Å². The third kappa shape index (κ3) is 4.02. The quantitative estimate of drug-likeness (QED) is 0.873. The van der Waals surface area contributed by atoms with Gasteiger partial charge in [-0.05, 0) is 19.8 Å². The minimum atomic E-state index is 0.316. The summed E-state index contributed by atoms with van der Waals surface area (Å²) in [6, 6.07) is 4.23. The van der Waals surface area contributed by atoms with Gasteiger partial charge < -0.3 is 24.3 Å². The Morgan fingerprint density at radius 3 is 2.33 bits per heavy atom. The van der Waals surface area contributed by atoms with Gasteiger partial charge in [0.25, 0.3) is 0 Å². The summed E-state index contributed by atoms with van der Waals surface area (Å²) in [5.74, 6) is 2.28. The Bertz CT molecular complexity index is 439. The van der Waals surface area contributed by atoms with E-state index in [2.05, 4.69) is 12.2 Å². The van der Waals surface area contributed by atoms with Crippen molar-refractivity contribution in [3.8, 4) is 17.2 Å². The molecule has 1 aliphatic heterocycles. The van der Waals surface area contributed by atoms with Gasteiger partial charge in [0.15, 0.2) is 0 Å². The monoisotopic (exact) mass is 295 g/mol. The number of benzene rings is 1. The average Bonchev–Trinajstić information content (AvgIpc) is 2.52. The van der Waals surface area contributed by atoms with Crippen LogP contribution in [0.15, 0.2) is 12.1 Å². The van der Waals surface area contributed by atoms with Crippen LogP contribution in [0.2, 0.25) is 0 Å². The van der Waals surface area contributed by atoms with Crippen LogP contribution in [0.5, 0.6) is 17.2 Å². The van der Waals surface area contributed by atoms with Crippen LogP contribution in [-0.2, 0) is 11.3 Å². The number of methoxy groups -OCH3 is 3. The maximum Gasteiger partial charge on any atom is 0.130 e. The molecule has 21 heavy (non-hydrogen) atoms. The van der Waals surface area contributed by atoms with Crippen LogP contribution < -0.4 is 19.5 Å². The van der Waals surface area contributed by atoms with Gasteiger partial charge in [-0.15, -0.1) is 0 Å². The molecule has 2 unspecified atom stereocenters. The Kier molecular flexibility index (Phi) is 5.70. The number of nitrogens with one attached hydrogen (secondary N) is 1. The van der Waals surface area contributed by atoms with Crippen molar-refractivity contribution in [1.82, 2.24) is 5.32 Å². The van der Waals surface area contributed by atoms with Crippen LogP contribution in [0.4, 0.5) is 0 Å². The summed E-state index contributed by atoms with van der Waals surface area (Å²) in [5, 5.41) is 3.57. The van der Waals surface area contributed by atoms with Crippen LogP contribution in [0.3, 0.4) is 0 Å². The number of ether oxygens (including phenoxy) is 4. The molecule has 0 bridgehead atoms. The first-order chi connectivity index (χ1) is 10.2. The van der Waals surface area contributed by atoms with E-state index >= 15 is 0 Å². The summed E-state index contributed by atoms with van der Waals surface area (Å²) in [4.78, 5) is 0.